The van der Waals surface area contributed by atoms with Crippen molar-refractivity contribution < 1.29 is 17.2 Å². The SMILES string of the molecule is O=S(=O)(Nc1cc(Cl)nc(Cl)n1)c1ccc(F)c(F)c1. The third-order valence-corrected chi connectivity index (χ3v) is 3.82. The molecule has 10 heteroatoms. The maximum atomic E-state index is 13.0. The van der Waals surface area contributed by atoms with Gasteiger partial charge in [-0.3, -0.25) is 4.72 Å². The van der Waals surface area contributed by atoms with Crippen LogP contribution in [0.4, 0.5) is 14.6 Å². The summed E-state index contributed by atoms with van der Waals surface area (Å²) < 4.78 is 51.7. The van der Waals surface area contributed by atoms with E-state index in [4.69, 9.17) is 23.2 Å². The van der Waals surface area contributed by atoms with Crippen molar-refractivity contribution in [1.82, 2.24) is 9.97 Å². The zero-order valence-electron chi connectivity index (χ0n) is 9.44. The molecule has 0 aliphatic rings. The second kappa shape index (κ2) is 5.47. The van der Waals surface area contributed by atoms with Gasteiger partial charge in [-0.05, 0) is 29.8 Å². The fourth-order valence-corrected chi connectivity index (χ4v) is 2.70. The summed E-state index contributed by atoms with van der Waals surface area (Å²) in [6, 6.07) is 3.27. The number of rotatable bonds is 3. The van der Waals surface area contributed by atoms with Crippen molar-refractivity contribution in [2.24, 2.45) is 0 Å². The van der Waals surface area contributed by atoms with E-state index in [1.165, 1.54) is 0 Å². The highest BCUT2D eigenvalue weighted by atomic mass is 35.5. The Morgan fingerprint density at radius 1 is 1.05 bits per heavy atom. The first-order valence-corrected chi connectivity index (χ1v) is 7.20. The molecule has 1 heterocycles. The smallest absolute Gasteiger partial charge is 0.263 e. The Labute approximate surface area is 122 Å². The van der Waals surface area contributed by atoms with Gasteiger partial charge in [0.2, 0.25) is 5.28 Å². The second-order valence-corrected chi connectivity index (χ2v) is 5.93. The van der Waals surface area contributed by atoms with Gasteiger partial charge in [-0.25, -0.2) is 22.2 Å². The maximum Gasteiger partial charge on any atom is 0.263 e. The van der Waals surface area contributed by atoms with Gasteiger partial charge in [-0.2, -0.15) is 4.98 Å². The minimum Gasteiger partial charge on any atom is -0.263 e. The Balaban J connectivity index is 2.37. The fourth-order valence-electron chi connectivity index (χ4n) is 1.28. The first-order valence-electron chi connectivity index (χ1n) is 4.96. The van der Waals surface area contributed by atoms with Gasteiger partial charge in [0.05, 0.1) is 4.90 Å². The molecule has 0 saturated heterocycles. The molecular formula is C10H5Cl2F2N3O2S. The van der Waals surface area contributed by atoms with Crippen LogP contribution in [0.1, 0.15) is 0 Å². The van der Waals surface area contributed by atoms with Crippen molar-refractivity contribution in [1.29, 1.82) is 0 Å². The first-order chi connectivity index (χ1) is 9.28. The molecule has 2 aromatic rings. The normalized spacial score (nSPS) is 11.4. The number of nitrogens with one attached hydrogen (secondary N) is 1. The summed E-state index contributed by atoms with van der Waals surface area (Å²) in [7, 11) is -4.15. The van der Waals surface area contributed by atoms with Gasteiger partial charge in [-0.1, -0.05) is 11.6 Å². The van der Waals surface area contributed by atoms with Crippen molar-refractivity contribution in [2.45, 2.75) is 4.90 Å². The molecule has 0 unspecified atom stereocenters. The van der Waals surface area contributed by atoms with E-state index in [1.54, 1.807) is 0 Å². The van der Waals surface area contributed by atoms with Gasteiger partial charge in [0.15, 0.2) is 11.6 Å². The number of hydrogen-bond donors (Lipinski definition) is 1. The summed E-state index contributed by atoms with van der Waals surface area (Å²) in [5.74, 6) is -2.64. The van der Waals surface area contributed by atoms with Crippen molar-refractivity contribution in [3.63, 3.8) is 0 Å². The molecule has 0 atom stereocenters. The predicted octanol–water partition coefficient (Wildman–Crippen LogP) is 2.86. The monoisotopic (exact) mass is 339 g/mol. The Bertz CT molecular complexity index is 751. The molecule has 0 bridgehead atoms. The van der Waals surface area contributed by atoms with E-state index in [2.05, 4.69) is 9.97 Å². The summed E-state index contributed by atoms with van der Waals surface area (Å²) in [6.45, 7) is 0. The average Bonchev–Trinajstić information content (AvgIpc) is 2.30. The van der Waals surface area contributed by atoms with E-state index in [-0.39, 0.29) is 16.3 Å². The van der Waals surface area contributed by atoms with Crippen LogP contribution in [-0.2, 0) is 10.0 Å². The maximum absolute atomic E-state index is 13.0. The van der Waals surface area contributed by atoms with E-state index in [0.29, 0.717) is 12.1 Å². The predicted molar refractivity (Wildman–Crippen MR) is 69.2 cm³/mol. The van der Waals surface area contributed by atoms with Gasteiger partial charge < -0.3 is 0 Å². The van der Waals surface area contributed by atoms with Crippen LogP contribution in [0.5, 0.6) is 0 Å². The van der Waals surface area contributed by atoms with E-state index < -0.39 is 26.6 Å². The number of halogens is 4. The first kappa shape index (κ1) is 14.9. The quantitative estimate of drug-likeness (QED) is 0.689. The lowest BCUT2D eigenvalue weighted by atomic mass is 10.3. The van der Waals surface area contributed by atoms with Crippen molar-refractivity contribution >= 4 is 39.0 Å². The van der Waals surface area contributed by atoms with Crippen LogP contribution < -0.4 is 4.72 Å². The van der Waals surface area contributed by atoms with Crippen LogP contribution in [0.15, 0.2) is 29.2 Å². The highest BCUT2D eigenvalue weighted by Gasteiger charge is 2.18. The molecule has 2 rings (SSSR count). The van der Waals surface area contributed by atoms with Crippen LogP contribution >= 0.6 is 23.2 Å². The van der Waals surface area contributed by atoms with Gasteiger partial charge in [0, 0.05) is 6.07 Å². The van der Waals surface area contributed by atoms with E-state index >= 15 is 0 Å². The van der Waals surface area contributed by atoms with E-state index in [1.807, 2.05) is 4.72 Å². The molecule has 1 N–H and O–H groups in total. The average molecular weight is 340 g/mol. The van der Waals surface area contributed by atoms with Crippen LogP contribution in [0.3, 0.4) is 0 Å². The van der Waals surface area contributed by atoms with Crippen LogP contribution in [-0.4, -0.2) is 18.4 Å². The molecule has 1 aromatic carbocycles. The Morgan fingerprint density at radius 3 is 2.35 bits per heavy atom. The van der Waals surface area contributed by atoms with E-state index in [9.17, 15) is 17.2 Å². The summed E-state index contributed by atoms with van der Waals surface area (Å²) in [4.78, 5) is 6.66. The lowest BCUT2D eigenvalue weighted by Gasteiger charge is -2.07. The number of sulfonamides is 1. The van der Waals surface area contributed by atoms with Crippen LogP contribution in [0, 0.1) is 11.6 Å². The molecule has 0 radical (unpaired) electrons. The van der Waals surface area contributed by atoms with Gasteiger partial charge in [0.1, 0.15) is 11.0 Å². The summed E-state index contributed by atoms with van der Waals surface area (Å²) in [5, 5.41) is -0.339. The molecule has 0 aliphatic carbocycles. The van der Waals surface area contributed by atoms with Crippen molar-refractivity contribution in [3.05, 3.63) is 46.3 Å². The molecular weight excluding hydrogens is 335 g/mol. The molecule has 0 fully saturated rings. The lowest BCUT2D eigenvalue weighted by molar-refractivity contribution is 0.504. The molecule has 0 spiro atoms. The third-order valence-electron chi connectivity index (χ3n) is 2.11. The third kappa shape index (κ3) is 3.33. The number of anilines is 1. The summed E-state index contributed by atoms with van der Waals surface area (Å²) >= 11 is 11.1. The number of hydrogen-bond acceptors (Lipinski definition) is 4. The largest absolute Gasteiger partial charge is 0.263 e. The Kier molecular flexibility index (Phi) is 4.07. The number of benzene rings is 1. The zero-order valence-corrected chi connectivity index (χ0v) is 11.8. The Hall–Kier alpha value is -1.51. The molecule has 106 valence electrons. The summed E-state index contributed by atoms with van der Waals surface area (Å²) in [5.41, 5.74) is 0. The van der Waals surface area contributed by atoms with Crippen molar-refractivity contribution in [2.75, 3.05) is 4.72 Å². The van der Waals surface area contributed by atoms with Crippen LogP contribution in [0.2, 0.25) is 10.4 Å². The van der Waals surface area contributed by atoms with Gasteiger partial charge in [-0.15, -0.1) is 0 Å². The summed E-state index contributed by atoms with van der Waals surface area (Å²) in [6.07, 6.45) is 0. The number of nitrogens with zero attached hydrogens (tertiary/aromatic N) is 2. The van der Waals surface area contributed by atoms with Gasteiger partial charge >= 0.3 is 0 Å². The minimum absolute atomic E-state index is 0.0759. The standard InChI is InChI=1S/C10H5Cl2F2N3O2S/c11-8-4-9(16-10(12)15-8)17-20(18,19)5-1-2-6(13)7(14)3-5/h1-4H,(H,15,16,17). The van der Waals surface area contributed by atoms with E-state index in [0.717, 1.165) is 12.1 Å². The Morgan fingerprint density at radius 2 is 1.75 bits per heavy atom. The molecule has 1 aromatic heterocycles. The molecule has 0 amide bonds. The van der Waals surface area contributed by atoms with Crippen LogP contribution in [0.25, 0.3) is 0 Å². The van der Waals surface area contributed by atoms with Gasteiger partial charge in [0.25, 0.3) is 10.0 Å². The molecule has 0 aliphatic heterocycles. The topological polar surface area (TPSA) is 72.0 Å². The zero-order chi connectivity index (χ0) is 14.9. The second-order valence-electron chi connectivity index (χ2n) is 3.53. The minimum atomic E-state index is -4.15. The molecule has 20 heavy (non-hydrogen) atoms. The molecule has 5 nitrogen and oxygen atoms in total. The molecule has 0 saturated carbocycles. The van der Waals surface area contributed by atoms with Crippen molar-refractivity contribution in [3.8, 4) is 0 Å². The number of aromatic nitrogens is 2. The lowest BCUT2D eigenvalue weighted by Crippen LogP contribution is -2.14. The highest BCUT2D eigenvalue weighted by Crippen LogP contribution is 2.20. The highest BCUT2D eigenvalue weighted by molar-refractivity contribution is 7.92. The fraction of sp³-hybridized carbons (Fsp3) is 0.